The zero-order valence-corrected chi connectivity index (χ0v) is 17.6. The number of ketones is 2. The summed E-state index contributed by atoms with van der Waals surface area (Å²) in [6, 6.07) is 3.62. The smallest absolute Gasteiger partial charge is 0.255 e. The van der Waals surface area contributed by atoms with Crippen molar-refractivity contribution in [1.82, 2.24) is 4.90 Å². The highest BCUT2D eigenvalue weighted by Gasteiger charge is 2.64. The molecule has 3 aliphatic rings. The van der Waals surface area contributed by atoms with E-state index in [1.807, 2.05) is 0 Å². The van der Waals surface area contributed by atoms with Gasteiger partial charge in [-0.15, -0.1) is 12.4 Å². The van der Waals surface area contributed by atoms with Crippen molar-refractivity contribution in [2.24, 2.45) is 17.6 Å². The number of aliphatic hydroxyl groups is 3. The Morgan fingerprint density at radius 1 is 1.19 bits per heavy atom. The summed E-state index contributed by atoms with van der Waals surface area (Å²) in [7, 11) is 3.12. The van der Waals surface area contributed by atoms with E-state index < -0.39 is 58.0 Å². The summed E-state index contributed by atoms with van der Waals surface area (Å²) in [5, 5.41) is 43.1. The highest BCUT2D eigenvalue weighted by Crippen LogP contribution is 2.52. The van der Waals surface area contributed by atoms with Gasteiger partial charge in [0.25, 0.3) is 5.91 Å². The molecule has 0 aromatic heterocycles. The highest BCUT2D eigenvalue weighted by molar-refractivity contribution is 6.24. The maximum absolute atomic E-state index is 13.5. The van der Waals surface area contributed by atoms with Crippen molar-refractivity contribution in [3.8, 4) is 5.75 Å². The maximum Gasteiger partial charge on any atom is 0.255 e. The minimum atomic E-state index is -2.60. The van der Waals surface area contributed by atoms with Crippen molar-refractivity contribution in [3.05, 3.63) is 46.2 Å². The molecule has 1 fully saturated rings. The molecule has 6 N–H and O–H groups in total. The molecule has 9 nitrogen and oxygen atoms in total. The summed E-state index contributed by atoms with van der Waals surface area (Å²) in [5.41, 5.74) is 2.41. The second kappa shape index (κ2) is 7.37. The van der Waals surface area contributed by atoms with E-state index in [1.54, 1.807) is 26.2 Å². The van der Waals surface area contributed by atoms with Gasteiger partial charge in [0, 0.05) is 11.5 Å². The molecule has 4 rings (SSSR count). The number of hydrogen-bond donors (Lipinski definition) is 5. The molecular weight excluding hydrogens is 428 g/mol. The Kier molecular flexibility index (Phi) is 5.42. The average molecular weight is 451 g/mol. The lowest BCUT2D eigenvalue weighted by Gasteiger charge is -2.50. The Morgan fingerprint density at radius 2 is 1.84 bits per heavy atom. The minimum absolute atomic E-state index is 0. The fourth-order valence-electron chi connectivity index (χ4n) is 5.18. The number of primary amides is 1. The first-order chi connectivity index (χ1) is 14.0. The van der Waals surface area contributed by atoms with Gasteiger partial charge in [-0.2, -0.15) is 0 Å². The van der Waals surface area contributed by atoms with Crippen LogP contribution in [0.15, 0.2) is 35.1 Å². The van der Waals surface area contributed by atoms with Crippen molar-refractivity contribution in [1.29, 1.82) is 0 Å². The molecule has 1 aromatic carbocycles. The van der Waals surface area contributed by atoms with Gasteiger partial charge >= 0.3 is 0 Å². The van der Waals surface area contributed by atoms with Gasteiger partial charge in [-0.05, 0) is 44.5 Å². The number of likely N-dealkylation sites (N-methyl/N-ethyl adjacent to an activating group) is 1. The number of carbonyl (C=O) groups excluding carboxylic acids is 3. The molecule has 0 bridgehead atoms. The Morgan fingerprint density at radius 3 is 2.42 bits per heavy atom. The number of phenolic OH excluding ortho intramolecular Hbond substituents is 1. The molecule has 31 heavy (non-hydrogen) atoms. The van der Waals surface area contributed by atoms with E-state index in [2.05, 4.69) is 0 Å². The van der Waals surface area contributed by atoms with Crippen LogP contribution in [-0.4, -0.2) is 68.5 Å². The summed E-state index contributed by atoms with van der Waals surface area (Å²) in [4.78, 5) is 39.7. The van der Waals surface area contributed by atoms with Gasteiger partial charge in [0.15, 0.2) is 11.4 Å². The van der Waals surface area contributed by atoms with Crippen LogP contribution in [0, 0.1) is 11.8 Å². The van der Waals surface area contributed by atoms with Gasteiger partial charge in [0.05, 0.1) is 11.6 Å². The Hall–Kier alpha value is -2.88. The van der Waals surface area contributed by atoms with Gasteiger partial charge in [-0.1, -0.05) is 12.1 Å². The van der Waals surface area contributed by atoms with E-state index in [-0.39, 0.29) is 35.7 Å². The molecule has 0 radical (unpaired) electrons. The quantitative estimate of drug-likeness (QED) is 0.404. The van der Waals surface area contributed by atoms with E-state index in [0.29, 0.717) is 12.0 Å². The summed E-state index contributed by atoms with van der Waals surface area (Å²) in [6.45, 7) is 0. The molecule has 0 aliphatic heterocycles. The minimum Gasteiger partial charge on any atom is -0.508 e. The van der Waals surface area contributed by atoms with Crippen LogP contribution >= 0.6 is 12.4 Å². The van der Waals surface area contributed by atoms with Crippen molar-refractivity contribution in [2.75, 3.05) is 14.1 Å². The third kappa shape index (κ3) is 2.88. The standard InChI is InChI=1S/C21H22N2O7.ClH/c1-23(2)15-10-7-9-6-8-4-3-5-11(24)12(8)16(25)13(9)18(27)21(10,30)19(28)14(17(15)26)20(22)29;/h3-5,9-10,15,24-25,28,30H,6-7H2,1-2H3,(H2,22,29);1H/t9?,10?,15?,21-;/m0./s1. The normalized spacial score (nSPS) is 29.9. The lowest BCUT2D eigenvalue weighted by molar-refractivity contribution is -0.153. The molecule has 10 heteroatoms. The predicted octanol–water partition coefficient (Wildman–Crippen LogP) is 0.386. The average Bonchev–Trinajstić information content (AvgIpc) is 2.64. The molecular formula is C21H23ClN2O7. The second-order valence-electron chi connectivity index (χ2n) is 8.27. The molecule has 166 valence electrons. The van der Waals surface area contributed by atoms with Crippen LogP contribution < -0.4 is 5.73 Å². The van der Waals surface area contributed by atoms with E-state index in [0.717, 1.165) is 0 Å². The van der Waals surface area contributed by atoms with Crippen molar-refractivity contribution >= 4 is 35.6 Å². The number of phenols is 1. The number of nitrogens with two attached hydrogens (primary N) is 1. The maximum atomic E-state index is 13.5. The second-order valence-corrected chi connectivity index (χ2v) is 8.27. The number of nitrogens with zero attached hydrogens (tertiary/aromatic N) is 1. The lowest BCUT2D eigenvalue weighted by atomic mass is 9.57. The van der Waals surface area contributed by atoms with Crippen LogP contribution in [-0.2, 0) is 20.8 Å². The van der Waals surface area contributed by atoms with Crippen LogP contribution in [0.5, 0.6) is 5.75 Å². The summed E-state index contributed by atoms with van der Waals surface area (Å²) in [6.07, 6.45) is 0.379. The summed E-state index contributed by atoms with van der Waals surface area (Å²) < 4.78 is 0. The van der Waals surface area contributed by atoms with Gasteiger partial charge in [0.1, 0.15) is 22.8 Å². The number of carbonyl (C=O) groups is 3. The van der Waals surface area contributed by atoms with E-state index >= 15 is 0 Å². The summed E-state index contributed by atoms with van der Waals surface area (Å²) >= 11 is 0. The highest BCUT2D eigenvalue weighted by atomic mass is 35.5. The first-order valence-electron chi connectivity index (χ1n) is 9.47. The van der Waals surface area contributed by atoms with Crippen LogP contribution in [0.3, 0.4) is 0 Å². The van der Waals surface area contributed by atoms with Crippen molar-refractivity contribution < 1.29 is 34.8 Å². The van der Waals surface area contributed by atoms with Gasteiger partial charge in [-0.3, -0.25) is 19.3 Å². The van der Waals surface area contributed by atoms with Gasteiger partial charge in [0.2, 0.25) is 5.78 Å². The number of aromatic hydroxyl groups is 1. The molecule has 3 aliphatic carbocycles. The Balaban J connectivity index is 0.00000272. The molecule has 1 amide bonds. The molecule has 1 saturated carbocycles. The first kappa shape index (κ1) is 22.8. The lowest BCUT2D eigenvalue weighted by Crippen LogP contribution is -2.65. The first-order valence-corrected chi connectivity index (χ1v) is 9.47. The number of halogens is 1. The number of benzene rings is 1. The van der Waals surface area contributed by atoms with Crippen LogP contribution in [0.1, 0.15) is 17.5 Å². The zero-order chi connectivity index (χ0) is 22.1. The fourth-order valence-corrected chi connectivity index (χ4v) is 5.18. The largest absolute Gasteiger partial charge is 0.508 e. The number of fused-ring (bicyclic) bond motifs is 3. The fraction of sp³-hybridized carbons (Fsp3) is 0.381. The number of Topliss-reactive ketones (excluding diaryl/α,β-unsaturated/α-hetero) is 2. The van der Waals surface area contributed by atoms with Crippen LogP contribution in [0.2, 0.25) is 0 Å². The van der Waals surface area contributed by atoms with E-state index in [1.165, 1.54) is 11.0 Å². The SMILES string of the molecule is CN(C)C1C(=O)C(C(N)=O)=C(O)[C@@]2(O)C(=O)C3=C(O)c4c(O)cccc4CC3CC12.Cl. The molecule has 0 spiro atoms. The number of hydrogen-bond acceptors (Lipinski definition) is 8. The van der Waals surface area contributed by atoms with E-state index in [9.17, 15) is 34.8 Å². The molecule has 1 aromatic rings. The molecule has 0 saturated heterocycles. The van der Waals surface area contributed by atoms with Crippen molar-refractivity contribution in [2.45, 2.75) is 24.5 Å². The van der Waals surface area contributed by atoms with Gasteiger partial charge in [-0.25, -0.2) is 0 Å². The van der Waals surface area contributed by atoms with Crippen LogP contribution in [0.4, 0.5) is 0 Å². The topological polar surface area (TPSA) is 161 Å². The summed E-state index contributed by atoms with van der Waals surface area (Å²) in [5.74, 6) is -6.43. The van der Waals surface area contributed by atoms with Gasteiger partial charge < -0.3 is 26.2 Å². The van der Waals surface area contributed by atoms with Crippen molar-refractivity contribution in [3.63, 3.8) is 0 Å². The number of aliphatic hydroxyl groups excluding tert-OH is 2. The third-order valence-corrected chi connectivity index (χ3v) is 6.46. The Bertz CT molecular complexity index is 1080. The van der Waals surface area contributed by atoms with Crippen LogP contribution in [0.25, 0.3) is 5.76 Å². The molecule has 4 atom stereocenters. The zero-order valence-electron chi connectivity index (χ0n) is 16.8. The third-order valence-electron chi connectivity index (χ3n) is 6.46. The number of amides is 1. The number of rotatable bonds is 2. The Labute approximate surface area is 183 Å². The van der Waals surface area contributed by atoms with E-state index in [4.69, 9.17) is 5.73 Å². The monoisotopic (exact) mass is 450 g/mol. The molecule has 3 unspecified atom stereocenters. The molecule has 0 heterocycles. The predicted molar refractivity (Wildman–Crippen MR) is 111 cm³/mol.